The van der Waals surface area contributed by atoms with Gasteiger partial charge < -0.3 is 5.32 Å². The van der Waals surface area contributed by atoms with Gasteiger partial charge in [-0.1, -0.05) is 29.5 Å². The molecule has 2 rings (SSSR count). The summed E-state index contributed by atoms with van der Waals surface area (Å²) < 4.78 is 1.10. The maximum absolute atomic E-state index is 4.01. The lowest BCUT2D eigenvalue weighted by Crippen LogP contribution is -2.34. The van der Waals surface area contributed by atoms with E-state index in [0.29, 0.717) is 0 Å². The molecule has 1 aliphatic rings. The van der Waals surface area contributed by atoms with Gasteiger partial charge in [-0.05, 0) is 25.8 Å². The zero-order chi connectivity index (χ0) is 9.64. The smallest absolute Gasteiger partial charge is 0.174 e. The van der Waals surface area contributed by atoms with Gasteiger partial charge in [0, 0.05) is 11.8 Å². The molecule has 0 aliphatic carbocycles. The van der Waals surface area contributed by atoms with Crippen molar-refractivity contribution >= 4 is 23.1 Å². The van der Waals surface area contributed by atoms with Crippen molar-refractivity contribution in [1.82, 2.24) is 15.5 Å². The third kappa shape index (κ3) is 3.22. The highest BCUT2D eigenvalue weighted by Gasteiger charge is 2.12. The third-order valence-corrected chi connectivity index (χ3v) is 4.34. The van der Waals surface area contributed by atoms with Crippen LogP contribution in [-0.2, 0) is 0 Å². The fraction of sp³-hybridized carbons (Fsp3) is 0.778. The minimum absolute atomic E-state index is 0.740. The molecule has 0 aromatic carbocycles. The molecule has 78 valence electrons. The lowest BCUT2D eigenvalue weighted by Gasteiger charge is -2.22. The molecule has 1 aromatic heterocycles. The highest BCUT2D eigenvalue weighted by atomic mass is 32.2. The van der Waals surface area contributed by atoms with Crippen LogP contribution in [0.15, 0.2) is 9.85 Å². The SMILES string of the molecule is c1nnc(SCCC2CCCCN2)s1. The van der Waals surface area contributed by atoms with Crippen LogP contribution in [-0.4, -0.2) is 28.5 Å². The van der Waals surface area contributed by atoms with Gasteiger partial charge >= 0.3 is 0 Å². The summed E-state index contributed by atoms with van der Waals surface area (Å²) in [6.07, 6.45) is 5.34. The number of rotatable bonds is 4. The molecular formula is C9H15N3S2. The lowest BCUT2D eigenvalue weighted by molar-refractivity contribution is 0.395. The van der Waals surface area contributed by atoms with Gasteiger partial charge in [0.15, 0.2) is 4.34 Å². The normalized spacial score (nSPS) is 22.4. The largest absolute Gasteiger partial charge is 0.314 e. The monoisotopic (exact) mass is 229 g/mol. The van der Waals surface area contributed by atoms with Gasteiger partial charge in [0.2, 0.25) is 0 Å². The van der Waals surface area contributed by atoms with Gasteiger partial charge in [-0.2, -0.15) is 0 Å². The van der Waals surface area contributed by atoms with Crippen LogP contribution in [0.4, 0.5) is 0 Å². The molecule has 1 N–H and O–H groups in total. The first-order valence-corrected chi connectivity index (χ1v) is 6.94. The predicted molar refractivity (Wildman–Crippen MR) is 60.9 cm³/mol. The Morgan fingerprint density at radius 1 is 1.57 bits per heavy atom. The molecular weight excluding hydrogens is 214 g/mol. The Morgan fingerprint density at radius 3 is 3.29 bits per heavy atom. The van der Waals surface area contributed by atoms with Crippen molar-refractivity contribution in [2.24, 2.45) is 0 Å². The fourth-order valence-electron chi connectivity index (χ4n) is 1.68. The van der Waals surface area contributed by atoms with Gasteiger partial charge in [0.25, 0.3) is 0 Å². The van der Waals surface area contributed by atoms with Crippen molar-refractivity contribution in [2.45, 2.75) is 36.1 Å². The molecule has 1 unspecified atom stereocenters. The van der Waals surface area contributed by atoms with Crippen LogP contribution < -0.4 is 5.32 Å². The van der Waals surface area contributed by atoms with Crippen molar-refractivity contribution in [2.75, 3.05) is 12.3 Å². The summed E-state index contributed by atoms with van der Waals surface area (Å²) in [5.74, 6) is 1.16. The van der Waals surface area contributed by atoms with Crippen molar-refractivity contribution in [3.05, 3.63) is 5.51 Å². The van der Waals surface area contributed by atoms with Gasteiger partial charge in [-0.15, -0.1) is 10.2 Å². The highest BCUT2D eigenvalue weighted by Crippen LogP contribution is 2.21. The zero-order valence-corrected chi connectivity index (χ0v) is 9.74. The van der Waals surface area contributed by atoms with Gasteiger partial charge in [-0.3, -0.25) is 0 Å². The molecule has 0 radical (unpaired) electrons. The van der Waals surface area contributed by atoms with Crippen molar-refractivity contribution in [3.8, 4) is 0 Å². The van der Waals surface area contributed by atoms with Gasteiger partial charge in [0.05, 0.1) is 0 Å². The standard InChI is InChI=1S/C9H15N3S2/c1-2-5-10-8(3-1)4-6-13-9-12-11-7-14-9/h7-8,10H,1-6H2. The molecule has 1 aromatic rings. The summed E-state index contributed by atoms with van der Waals surface area (Å²) in [7, 11) is 0. The quantitative estimate of drug-likeness (QED) is 0.803. The minimum atomic E-state index is 0.740. The number of hydrogen-bond acceptors (Lipinski definition) is 5. The summed E-state index contributed by atoms with van der Waals surface area (Å²) in [6.45, 7) is 1.20. The first-order valence-electron chi connectivity index (χ1n) is 5.07. The van der Waals surface area contributed by atoms with E-state index < -0.39 is 0 Å². The first-order chi connectivity index (χ1) is 6.95. The molecule has 0 bridgehead atoms. The molecule has 14 heavy (non-hydrogen) atoms. The van der Waals surface area contributed by atoms with E-state index in [0.717, 1.165) is 16.1 Å². The Hall–Kier alpha value is -0.130. The van der Waals surface area contributed by atoms with Crippen LogP contribution >= 0.6 is 23.1 Å². The van der Waals surface area contributed by atoms with Crippen molar-refractivity contribution in [1.29, 1.82) is 0 Å². The molecule has 1 aliphatic heterocycles. The van der Waals surface area contributed by atoms with Gasteiger partial charge in [0.1, 0.15) is 5.51 Å². The summed E-state index contributed by atoms with van der Waals surface area (Å²) in [5.41, 5.74) is 1.79. The van der Waals surface area contributed by atoms with Crippen molar-refractivity contribution in [3.63, 3.8) is 0 Å². The summed E-state index contributed by atoms with van der Waals surface area (Å²) in [5, 5.41) is 11.4. The summed E-state index contributed by atoms with van der Waals surface area (Å²) >= 11 is 3.46. The molecule has 0 saturated carbocycles. The number of hydrogen-bond donors (Lipinski definition) is 1. The predicted octanol–water partition coefficient (Wildman–Crippen LogP) is 2.16. The number of nitrogens with zero attached hydrogens (tertiary/aromatic N) is 2. The lowest BCUT2D eigenvalue weighted by atomic mass is 10.0. The van der Waals surface area contributed by atoms with Crippen LogP contribution in [0.1, 0.15) is 25.7 Å². The highest BCUT2D eigenvalue weighted by molar-refractivity contribution is 8.00. The van der Waals surface area contributed by atoms with E-state index in [-0.39, 0.29) is 0 Å². The number of thioether (sulfide) groups is 1. The average Bonchev–Trinajstić information content (AvgIpc) is 2.72. The average molecular weight is 229 g/mol. The van der Waals surface area contributed by atoms with E-state index >= 15 is 0 Å². The van der Waals surface area contributed by atoms with E-state index in [4.69, 9.17) is 0 Å². The topological polar surface area (TPSA) is 37.8 Å². The van der Waals surface area contributed by atoms with E-state index in [2.05, 4.69) is 15.5 Å². The summed E-state index contributed by atoms with van der Waals surface area (Å²) in [4.78, 5) is 0. The van der Waals surface area contributed by atoms with Crippen LogP contribution in [0.5, 0.6) is 0 Å². The molecule has 1 atom stereocenters. The molecule has 2 heterocycles. The Labute approximate surface area is 92.7 Å². The van der Waals surface area contributed by atoms with E-state index in [1.807, 2.05) is 11.8 Å². The van der Waals surface area contributed by atoms with Crippen molar-refractivity contribution < 1.29 is 0 Å². The zero-order valence-electron chi connectivity index (χ0n) is 8.11. The van der Waals surface area contributed by atoms with Crippen LogP contribution in [0.25, 0.3) is 0 Å². The van der Waals surface area contributed by atoms with E-state index in [1.54, 1.807) is 16.8 Å². The van der Waals surface area contributed by atoms with E-state index in [9.17, 15) is 0 Å². The Bertz CT molecular complexity index is 245. The number of nitrogens with one attached hydrogen (secondary N) is 1. The maximum atomic E-state index is 4.01. The molecule has 0 spiro atoms. The minimum Gasteiger partial charge on any atom is -0.314 e. The van der Waals surface area contributed by atoms with Crippen LogP contribution in [0.2, 0.25) is 0 Å². The molecule has 0 amide bonds. The Morgan fingerprint density at radius 2 is 2.57 bits per heavy atom. The summed E-state index contributed by atoms with van der Waals surface area (Å²) in [6, 6.07) is 0.740. The molecule has 5 heteroatoms. The second-order valence-electron chi connectivity index (χ2n) is 3.49. The first kappa shape index (κ1) is 10.4. The van der Waals surface area contributed by atoms with E-state index in [1.165, 1.54) is 32.2 Å². The van der Waals surface area contributed by atoms with Crippen LogP contribution in [0, 0.1) is 0 Å². The molecule has 3 nitrogen and oxygen atoms in total. The Balaban J connectivity index is 1.62. The molecule has 1 saturated heterocycles. The Kier molecular flexibility index (Phi) is 4.21. The van der Waals surface area contributed by atoms with Crippen LogP contribution in [0.3, 0.4) is 0 Å². The molecule has 1 fully saturated rings. The second kappa shape index (κ2) is 5.68. The fourth-order valence-corrected chi connectivity index (χ4v) is 3.30. The second-order valence-corrected chi connectivity index (χ2v) is 5.66. The van der Waals surface area contributed by atoms with Gasteiger partial charge in [-0.25, -0.2) is 0 Å². The maximum Gasteiger partial charge on any atom is 0.174 e. The number of aromatic nitrogens is 2. The third-order valence-electron chi connectivity index (χ3n) is 2.44. The number of piperidine rings is 1.